The van der Waals surface area contributed by atoms with Gasteiger partial charge in [0.2, 0.25) is 0 Å². The minimum absolute atomic E-state index is 0.0276. The number of halogens is 1. The summed E-state index contributed by atoms with van der Waals surface area (Å²) in [5, 5.41) is 3.07. The lowest BCUT2D eigenvalue weighted by Gasteiger charge is -2.26. The van der Waals surface area contributed by atoms with Gasteiger partial charge in [-0.25, -0.2) is 9.18 Å². The molecule has 1 aromatic carbocycles. The fourth-order valence-electron chi connectivity index (χ4n) is 2.64. The Morgan fingerprint density at radius 1 is 1.27 bits per heavy atom. The molecule has 22 heavy (non-hydrogen) atoms. The van der Waals surface area contributed by atoms with Crippen LogP contribution >= 0.6 is 0 Å². The van der Waals surface area contributed by atoms with Crippen LogP contribution in [0.25, 0.3) is 0 Å². The summed E-state index contributed by atoms with van der Waals surface area (Å²) in [5.74, 6) is 0.0786. The van der Waals surface area contributed by atoms with Crippen LogP contribution in [0.4, 0.5) is 10.2 Å². The molecule has 1 fully saturated rings. The second-order valence-electron chi connectivity index (χ2n) is 5.70. The molecule has 5 nitrogen and oxygen atoms in total. The SMILES string of the molecule is CC(Nc1cc(=O)n(C2CCC2)c(=O)[nH]1)c1ccc(F)cc1. The third-order valence-electron chi connectivity index (χ3n) is 4.15. The van der Waals surface area contributed by atoms with Crippen molar-refractivity contribution in [1.82, 2.24) is 9.55 Å². The Kier molecular flexibility index (Phi) is 3.83. The minimum Gasteiger partial charge on any atom is -0.365 e. The van der Waals surface area contributed by atoms with E-state index in [1.807, 2.05) is 6.92 Å². The van der Waals surface area contributed by atoms with E-state index in [0.29, 0.717) is 5.82 Å². The van der Waals surface area contributed by atoms with Crippen LogP contribution in [0.3, 0.4) is 0 Å². The number of rotatable bonds is 4. The first-order valence-electron chi connectivity index (χ1n) is 7.42. The van der Waals surface area contributed by atoms with Crippen LogP contribution in [0.15, 0.2) is 39.9 Å². The molecule has 0 saturated heterocycles. The summed E-state index contributed by atoms with van der Waals surface area (Å²) in [6.45, 7) is 1.88. The van der Waals surface area contributed by atoms with E-state index < -0.39 is 0 Å². The van der Waals surface area contributed by atoms with E-state index in [4.69, 9.17) is 0 Å². The highest BCUT2D eigenvalue weighted by Crippen LogP contribution is 2.29. The first-order chi connectivity index (χ1) is 10.5. The molecule has 0 spiro atoms. The molecule has 6 heteroatoms. The Labute approximate surface area is 126 Å². The van der Waals surface area contributed by atoms with Gasteiger partial charge in [-0.2, -0.15) is 0 Å². The zero-order valence-electron chi connectivity index (χ0n) is 12.3. The van der Waals surface area contributed by atoms with E-state index in [1.165, 1.54) is 22.8 Å². The van der Waals surface area contributed by atoms with Gasteiger partial charge in [0.25, 0.3) is 5.56 Å². The predicted molar refractivity (Wildman–Crippen MR) is 82.6 cm³/mol. The number of anilines is 1. The Balaban J connectivity index is 1.82. The lowest BCUT2D eigenvalue weighted by Crippen LogP contribution is -2.40. The average molecular weight is 303 g/mol. The molecule has 116 valence electrons. The lowest BCUT2D eigenvalue weighted by atomic mass is 9.93. The third kappa shape index (κ3) is 2.81. The van der Waals surface area contributed by atoms with E-state index in [-0.39, 0.29) is 29.1 Å². The van der Waals surface area contributed by atoms with Crippen LogP contribution in [0.2, 0.25) is 0 Å². The van der Waals surface area contributed by atoms with Crippen LogP contribution in [-0.4, -0.2) is 9.55 Å². The number of nitrogens with zero attached hydrogens (tertiary/aromatic N) is 1. The molecule has 1 heterocycles. The first kappa shape index (κ1) is 14.6. The first-order valence-corrected chi connectivity index (χ1v) is 7.42. The van der Waals surface area contributed by atoms with Gasteiger partial charge in [-0.15, -0.1) is 0 Å². The van der Waals surface area contributed by atoms with E-state index in [2.05, 4.69) is 10.3 Å². The molecule has 1 saturated carbocycles. The molecule has 0 radical (unpaired) electrons. The number of H-pyrrole nitrogens is 1. The summed E-state index contributed by atoms with van der Waals surface area (Å²) < 4.78 is 14.2. The molecule has 1 aliphatic rings. The zero-order valence-corrected chi connectivity index (χ0v) is 12.3. The Bertz CT molecular complexity index is 744. The average Bonchev–Trinajstić information content (AvgIpc) is 2.41. The molecule has 1 aromatic heterocycles. The maximum absolute atomic E-state index is 12.9. The van der Waals surface area contributed by atoms with Crippen molar-refractivity contribution in [1.29, 1.82) is 0 Å². The summed E-state index contributed by atoms with van der Waals surface area (Å²) in [4.78, 5) is 26.9. The highest BCUT2D eigenvalue weighted by atomic mass is 19.1. The van der Waals surface area contributed by atoms with E-state index in [0.717, 1.165) is 24.8 Å². The normalized spacial score (nSPS) is 16.1. The third-order valence-corrected chi connectivity index (χ3v) is 4.15. The Morgan fingerprint density at radius 2 is 1.95 bits per heavy atom. The van der Waals surface area contributed by atoms with Gasteiger partial charge in [-0.1, -0.05) is 12.1 Å². The van der Waals surface area contributed by atoms with Crippen molar-refractivity contribution < 1.29 is 4.39 Å². The maximum atomic E-state index is 12.9. The van der Waals surface area contributed by atoms with Crippen molar-refractivity contribution in [3.8, 4) is 0 Å². The Morgan fingerprint density at radius 3 is 2.50 bits per heavy atom. The molecular weight excluding hydrogens is 285 g/mol. The number of benzene rings is 1. The monoisotopic (exact) mass is 303 g/mol. The maximum Gasteiger partial charge on any atom is 0.330 e. The van der Waals surface area contributed by atoms with Gasteiger partial charge in [-0.05, 0) is 43.9 Å². The highest BCUT2D eigenvalue weighted by molar-refractivity contribution is 5.36. The minimum atomic E-state index is -0.383. The summed E-state index contributed by atoms with van der Waals surface area (Å²) >= 11 is 0. The number of hydrogen-bond acceptors (Lipinski definition) is 3. The van der Waals surface area contributed by atoms with E-state index >= 15 is 0 Å². The summed E-state index contributed by atoms with van der Waals surface area (Å²) in [6.07, 6.45) is 2.81. The molecule has 1 aliphatic carbocycles. The molecular formula is C16H18FN3O2. The van der Waals surface area contributed by atoms with Crippen LogP contribution in [0.5, 0.6) is 0 Å². The predicted octanol–water partition coefficient (Wildman–Crippen LogP) is 2.57. The van der Waals surface area contributed by atoms with Crippen molar-refractivity contribution in [2.45, 2.75) is 38.3 Å². The van der Waals surface area contributed by atoms with E-state index in [9.17, 15) is 14.0 Å². The quantitative estimate of drug-likeness (QED) is 0.912. The lowest BCUT2D eigenvalue weighted by molar-refractivity contribution is 0.296. The second kappa shape index (κ2) is 5.79. The van der Waals surface area contributed by atoms with Crippen LogP contribution in [0, 0.1) is 5.82 Å². The summed E-state index contributed by atoms with van der Waals surface area (Å²) in [5.41, 5.74) is 0.193. The van der Waals surface area contributed by atoms with Gasteiger partial charge in [0.1, 0.15) is 11.6 Å². The molecule has 2 aromatic rings. The van der Waals surface area contributed by atoms with Gasteiger partial charge >= 0.3 is 5.69 Å². The smallest absolute Gasteiger partial charge is 0.330 e. The molecule has 1 atom stereocenters. The summed E-state index contributed by atoms with van der Waals surface area (Å²) in [6, 6.07) is 7.37. The molecule has 1 unspecified atom stereocenters. The molecule has 0 aliphatic heterocycles. The van der Waals surface area contributed by atoms with Crippen molar-refractivity contribution in [2.75, 3.05) is 5.32 Å². The molecule has 0 amide bonds. The highest BCUT2D eigenvalue weighted by Gasteiger charge is 2.22. The van der Waals surface area contributed by atoms with Crippen LogP contribution < -0.4 is 16.6 Å². The van der Waals surface area contributed by atoms with E-state index in [1.54, 1.807) is 12.1 Å². The van der Waals surface area contributed by atoms with Crippen LogP contribution in [0.1, 0.15) is 43.8 Å². The largest absolute Gasteiger partial charge is 0.365 e. The Hall–Kier alpha value is -2.37. The fourth-order valence-corrected chi connectivity index (χ4v) is 2.64. The van der Waals surface area contributed by atoms with Crippen molar-refractivity contribution in [3.05, 3.63) is 62.6 Å². The van der Waals surface area contributed by atoms with Crippen molar-refractivity contribution in [3.63, 3.8) is 0 Å². The molecule has 0 bridgehead atoms. The van der Waals surface area contributed by atoms with Crippen molar-refractivity contribution in [2.24, 2.45) is 0 Å². The van der Waals surface area contributed by atoms with Gasteiger partial charge in [0.15, 0.2) is 0 Å². The standard InChI is InChI=1S/C16H18FN3O2/c1-10(11-5-7-12(17)8-6-11)18-14-9-15(21)20(16(22)19-14)13-3-2-4-13/h5-10,13,18H,2-4H2,1H3,(H,19,22). The molecule has 3 rings (SSSR count). The number of hydrogen-bond donors (Lipinski definition) is 2. The second-order valence-corrected chi connectivity index (χ2v) is 5.70. The summed E-state index contributed by atoms with van der Waals surface area (Å²) in [7, 11) is 0. The van der Waals surface area contributed by atoms with Gasteiger partial charge in [-0.3, -0.25) is 14.3 Å². The number of aromatic nitrogens is 2. The fraction of sp³-hybridized carbons (Fsp3) is 0.375. The van der Waals surface area contributed by atoms with Gasteiger partial charge < -0.3 is 5.32 Å². The molecule has 2 N–H and O–H groups in total. The van der Waals surface area contributed by atoms with Gasteiger partial charge in [0.05, 0.1) is 0 Å². The van der Waals surface area contributed by atoms with Gasteiger partial charge in [0, 0.05) is 18.2 Å². The van der Waals surface area contributed by atoms with Crippen molar-refractivity contribution >= 4 is 5.82 Å². The number of nitrogens with one attached hydrogen (secondary N) is 2. The van der Waals surface area contributed by atoms with Crippen LogP contribution in [-0.2, 0) is 0 Å². The number of aromatic amines is 1. The zero-order chi connectivity index (χ0) is 15.7. The topological polar surface area (TPSA) is 66.9 Å².